The lowest BCUT2D eigenvalue weighted by Gasteiger charge is -2.03. The Morgan fingerprint density at radius 3 is 2.26 bits per heavy atom. The molecular formula is C12H9N3O4. The topological polar surface area (TPSA) is 99.2 Å². The van der Waals surface area contributed by atoms with Crippen LogP contribution in [0.25, 0.3) is 0 Å². The van der Waals surface area contributed by atoms with Gasteiger partial charge in [0, 0.05) is 30.4 Å². The highest BCUT2D eigenvalue weighted by Gasteiger charge is 2.19. The molecule has 0 saturated heterocycles. The summed E-state index contributed by atoms with van der Waals surface area (Å²) in [5, 5.41) is 21.6. The van der Waals surface area contributed by atoms with Crippen molar-refractivity contribution in [2.45, 2.75) is 6.42 Å². The van der Waals surface area contributed by atoms with Gasteiger partial charge < -0.3 is 0 Å². The molecule has 7 heteroatoms. The molecule has 0 radical (unpaired) electrons. The molecule has 0 aliphatic carbocycles. The van der Waals surface area contributed by atoms with Crippen LogP contribution in [0.2, 0.25) is 0 Å². The van der Waals surface area contributed by atoms with Crippen LogP contribution < -0.4 is 0 Å². The van der Waals surface area contributed by atoms with E-state index in [9.17, 15) is 20.2 Å². The predicted molar refractivity (Wildman–Crippen MR) is 66.8 cm³/mol. The smallest absolute Gasteiger partial charge is 0.265 e. The minimum Gasteiger partial charge on any atom is -0.265 e. The van der Waals surface area contributed by atoms with Gasteiger partial charge in [-0.15, -0.1) is 0 Å². The highest BCUT2D eigenvalue weighted by Crippen LogP contribution is 2.26. The maximum atomic E-state index is 11.0. The SMILES string of the molecule is O=[N+]([O-])c1ccc(Cc2ccncc2)c([N+](=O)[O-])c1. The van der Waals surface area contributed by atoms with Crippen molar-refractivity contribution < 1.29 is 9.85 Å². The second-order valence-corrected chi connectivity index (χ2v) is 3.86. The quantitative estimate of drug-likeness (QED) is 0.620. The third-order valence-electron chi connectivity index (χ3n) is 2.62. The maximum Gasteiger partial charge on any atom is 0.279 e. The van der Waals surface area contributed by atoms with Crippen LogP contribution >= 0.6 is 0 Å². The Morgan fingerprint density at radius 2 is 1.68 bits per heavy atom. The molecule has 2 aromatic rings. The van der Waals surface area contributed by atoms with Crippen molar-refractivity contribution in [1.29, 1.82) is 0 Å². The van der Waals surface area contributed by atoms with Crippen LogP contribution in [0.1, 0.15) is 11.1 Å². The van der Waals surface area contributed by atoms with E-state index in [4.69, 9.17) is 0 Å². The molecule has 0 atom stereocenters. The number of nitro groups is 2. The third-order valence-corrected chi connectivity index (χ3v) is 2.62. The van der Waals surface area contributed by atoms with E-state index < -0.39 is 9.85 Å². The zero-order valence-corrected chi connectivity index (χ0v) is 9.72. The number of nitrogens with zero attached hydrogens (tertiary/aromatic N) is 3. The lowest BCUT2D eigenvalue weighted by molar-refractivity contribution is -0.394. The number of benzene rings is 1. The van der Waals surface area contributed by atoms with Gasteiger partial charge in [-0.3, -0.25) is 25.2 Å². The maximum absolute atomic E-state index is 11.0. The lowest BCUT2D eigenvalue weighted by Crippen LogP contribution is -1.98. The summed E-state index contributed by atoms with van der Waals surface area (Å²) in [7, 11) is 0. The number of rotatable bonds is 4. The fourth-order valence-corrected chi connectivity index (χ4v) is 1.71. The molecule has 7 nitrogen and oxygen atoms in total. The van der Waals surface area contributed by atoms with Gasteiger partial charge in [-0.25, -0.2) is 0 Å². The summed E-state index contributed by atoms with van der Waals surface area (Å²) in [6.07, 6.45) is 3.51. The Labute approximate surface area is 107 Å². The van der Waals surface area contributed by atoms with E-state index in [-0.39, 0.29) is 11.4 Å². The number of hydrogen-bond acceptors (Lipinski definition) is 5. The number of hydrogen-bond donors (Lipinski definition) is 0. The molecule has 1 aromatic heterocycles. The lowest BCUT2D eigenvalue weighted by atomic mass is 10.0. The first kappa shape index (κ1) is 12.6. The molecular weight excluding hydrogens is 250 g/mol. The molecule has 0 N–H and O–H groups in total. The highest BCUT2D eigenvalue weighted by molar-refractivity contribution is 5.50. The van der Waals surface area contributed by atoms with Crippen LogP contribution in [0.4, 0.5) is 11.4 Å². The number of pyridine rings is 1. The fourth-order valence-electron chi connectivity index (χ4n) is 1.71. The molecule has 0 fully saturated rings. The van der Waals surface area contributed by atoms with Crippen LogP contribution in [0, 0.1) is 20.2 Å². The number of aromatic nitrogens is 1. The van der Waals surface area contributed by atoms with E-state index in [0.717, 1.165) is 11.6 Å². The summed E-state index contributed by atoms with van der Waals surface area (Å²) in [6.45, 7) is 0. The van der Waals surface area contributed by atoms with Crippen LogP contribution in [0.5, 0.6) is 0 Å². The van der Waals surface area contributed by atoms with Crippen molar-refractivity contribution in [3.8, 4) is 0 Å². The Hall–Kier alpha value is -2.83. The monoisotopic (exact) mass is 259 g/mol. The van der Waals surface area contributed by atoms with Crippen molar-refractivity contribution in [2.75, 3.05) is 0 Å². The van der Waals surface area contributed by atoms with Gasteiger partial charge in [-0.1, -0.05) is 0 Å². The normalized spacial score (nSPS) is 10.1. The summed E-state index contributed by atoms with van der Waals surface area (Å²) in [5.41, 5.74) is 0.755. The molecule has 0 aliphatic heterocycles. The minimum atomic E-state index is -0.650. The molecule has 19 heavy (non-hydrogen) atoms. The van der Waals surface area contributed by atoms with E-state index in [2.05, 4.69) is 4.98 Å². The molecule has 0 aliphatic rings. The second kappa shape index (κ2) is 5.21. The summed E-state index contributed by atoms with van der Waals surface area (Å²) in [4.78, 5) is 24.2. The van der Waals surface area contributed by atoms with E-state index in [1.165, 1.54) is 12.1 Å². The van der Waals surface area contributed by atoms with E-state index in [1.54, 1.807) is 24.5 Å². The first-order valence-corrected chi connectivity index (χ1v) is 5.38. The van der Waals surface area contributed by atoms with Crippen LogP contribution in [-0.2, 0) is 6.42 Å². The Kier molecular flexibility index (Phi) is 3.46. The van der Waals surface area contributed by atoms with E-state index in [0.29, 0.717) is 12.0 Å². The molecule has 0 bridgehead atoms. The second-order valence-electron chi connectivity index (χ2n) is 3.86. The molecule has 2 rings (SSSR count). The fraction of sp³-hybridized carbons (Fsp3) is 0.0833. The molecule has 96 valence electrons. The number of non-ortho nitro benzene ring substituents is 1. The minimum absolute atomic E-state index is 0.244. The van der Waals surface area contributed by atoms with Crippen molar-refractivity contribution in [3.05, 3.63) is 74.1 Å². The van der Waals surface area contributed by atoms with Gasteiger partial charge in [0.05, 0.1) is 15.9 Å². The average molecular weight is 259 g/mol. The first-order chi connectivity index (χ1) is 9.08. The molecule has 0 saturated carbocycles. The molecule has 0 unspecified atom stereocenters. The molecule has 0 amide bonds. The largest absolute Gasteiger partial charge is 0.279 e. The summed E-state index contributed by atoms with van der Waals surface area (Å²) in [5.74, 6) is 0. The van der Waals surface area contributed by atoms with Crippen molar-refractivity contribution in [2.24, 2.45) is 0 Å². The van der Waals surface area contributed by atoms with Gasteiger partial charge in [0.25, 0.3) is 11.4 Å². The van der Waals surface area contributed by atoms with Crippen LogP contribution in [-0.4, -0.2) is 14.8 Å². The summed E-state index contributed by atoms with van der Waals surface area (Å²) < 4.78 is 0. The molecule has 1 heterocycles. The van der Waals surface area contributed by atoms with Gasteiger partial charge >= 0.3 is 0 Å². The predicted octanol–water partition coefficient (Wildman–Crippen LogP) is 2.49. The molecule has 1 aromatic carbocycles. The van der Waals surface area contributed by atoms with Gasteiger partial charge in [0.2, 0.25) is 0 Å². The van der Waals surface area contributed by atoms with Crippen molar-refractivity contribution >= 4 is 11.4 Å². The Balaban J connectivity index is 2.40. The standard InChI is InChI=1S/C12H9N3O4/c16-14(17)11-2-1-10(12(8-11)15(18)19)7-9-3-5-13-6-4-9/h1-6,8H,7H2. The van der Waals surface area contributed by atoms with Gasteiger partial charge in [-0.05, 0) is 23.8 Å². The Morgan fingerprint density at radius 1 is 1.00 bits per heavy atom. The van der Waals surface area contributed by atoms with Gasteiger partial charge in [0.15, 0.2) is 0 Å². The van der Waals surface area contributed by atoms with Crippen LogP contribution in [0.15, 0.2) is 42.7 Å². The van der Waals surface area contributed by atoms with Gasteiger partial charge in [-0.2, -0.15) is 0 Å². The average Bonchev–Trinajstić information content (AvgIpc) is 2.39. The Bertz CT molecular complexity index is 628. The summed E-state index contributed by atoms with van der Waals surface area (Å²) >= 11 is 0. The van der Waals surface area contributed by atoms with Crippen molar-refractivity contribution in [1.82, 2.24) is 4.98 Å². The zero-order valence-electron chi connectivity index (χ0n) is 9.72. The third kappa shape index (κ3) is 2.89. The van der Waals surface area contributed by atoms with E-state index in [1.807, 2.05) is 0 Å². The highest BCUT2D eigenvalue weighted by atomic mass is 16.6. The van der Waals surface area contributed by atoms with Crippen LogP contribution in [0.3, 0.4) is 0 Å². The summed E-state index contributed by atoms with van der Waals surface area (Å²) in [6, 6.07) is 7.15. The number of nitro benzene ring substituents is 2. The zero-order chi connectivity index (χ0) is 13.8. The first-order valence-electron chi connectivity index (χ1n) is 5.38. The molecule has 0 spiro atoms. The van der Waals surface area contributed by atoms with Gasteiger partial charge in [0.1, 0.15) is 0 Å². The van der Waals surface area contributed by atoms with Crippen molar-refractivity contribution in [3.63, 3.8) is 0 Å². The van der Waals surface area contributed by atoms with E-state index >= 15 is 0 Å².